The molecule has 0 aromatic heterocycles. The Morgan fingerprint density at radius 2 is 1.80 bits per heavy atom. The van der Waals surface area contributed by atoms with Crippen LogP contribution in [0, 0.1) is 5.92 Å². The fourth-order valence-corrected chi connectivity index (χ4v) is 1.04. The molecule has 0 fully saturated rings. The van der Waals surface area contributed by atoms with Gasteiger partial charge in [0.25, 0.3) is 0 Å². The zero-order chi connectivity index (χ0) is 11.8. The molecule has 86 valence electrons. The van der Waals surface area contributed by atoms with Crippen molar-refractivity contribution >= 4 is 11.7 Å². The fourth-order valence-electron chi connectivity index (χ4n) is 1.04. The maximum Gasteiger partial charge on any atom is 0.220 e. The molecular formula is C12H21NO2. The van der Waals surface area contributed by atoms with E-state index in [1.807, 2.05) is 27.7 Å². The molecule has 0 aliphatic rings. The summed E-state index contributed by atoms with van der Waals surface area (Å²) in [6.45, 7) is 8.49. The summed E-state index contributed by atoms with van der Waals surface area (Å²) < 4.78 is 0. The van der Waals surface area contributed by atoms with E-state index in [0.29, 0.717) is 18.9 Å². The molecule has 0 bridgehead atoms. The zero-order valence-electron chi connectivity index (χ0n) is 10.1. The van der Waals surface area contributed by atoms with Crippen molar-refractivity contribution in [3.05, 3.63) is 11.6 Å². The van der Waals surface area contributed by atoms with Crippen molar-refractivity contribution in [3.8, 4) is 0 Å². The molecule has 0 atom stereocenters. The lowest BCUT2D eigenvalue weighted by Crippen LogP contribution is -2.27. The van der Waals surface area contributed by atoms with Crippen LogP contribution in [0.25, 0.3) is 0 Å². The van der Waals surface area contributed by atoms with Gasteiger partial charge in [0.2, 0.25) is 5.91 Å². The molecule has 0 aromatic rings. The number of allylic oxidation sites excluding steroid dienone is 2. The van der Waals surface area contributed by atoms with Crippen LogP contribution >= 0.6 is 0 Å². The van der Waals surface area contributed by atoms with Gasteiger partial charge in [0, 0.05) is 19.4 Å². The smallest absolute Gasteiger partial charge is 0.220 e. The Balaban J connectivity index is 3.72. The largest absolute Gasteiger partial charge is 0.356 e. The van der Waals surface area contributed by atoms with Gasteiger partial charge in [-0.1, -0.05) is 19.4 Å². The third-order valence-corrected chi connectivity index (χ3v) is 1.76. The second kappa shape index (κ2) is 7.21. The van der Waals surface area contributed by atoms with Crippen molar-refractivity contribution in [2.75, 3.05) is 6.54 Å². The number of nitrogens with one attached hydrogen (secondary N) is 1. The Bertz CT molecular complexity index is 250. The van der Waals surface area contributed by atoms with E-state index in [4.69, 9.17) is 0 Å². The van der Waals surface area contributed by atoms with Crippen molar-refractivity contribution in [3.63, 3.8) is 0 Å². The van der Waals surface area contributed by atoms with Crippen LogP contribution in [0.3, 0.4) is 0 Å². The number of amides is 1. The van der Waals surface area contributed by atoms with E-state index in [9.17, 15) is 9.59 Å². The van der Waals surface area contributed by atoms with Crippen molar-refractivity contribution in [1.29, 1.82) is 0 Å². The van der Waals surface area contributed by atoms with Gasteiger partial charge in [-0.05, 0) is 25.8 Å². The summed E-state index contributed by atoms with van der Waals surface area (Å²) in [6.07, 6.45) is 2.17. The minimum absolute atomic E-state index is 0.0229. The molecule has 15 heavy (non-hydrogen) atoms. The summed E-state index contributed by atoms with van der Waals surface area (Å²) in [4.78, 5) is 22.5. The Morgan fingerprint density at radius 3 is 2.27 bits per heavy atom. The van der Waals surface area contributed by atoms with Crippen LogP contribution in [-0.4, -0.2) is 18.2 Å². The average Bonchev–Trinajstić information content (AvgIpc) is 2.10. The van der Waals surface area contributed by atoms with Gasteiger partial charge in [0.1, 0.15) is 0 Å². The summed E-state index contributed by atoms with van der Waals surface area (Å²) >= 11 is 0. The molecule has 0 aliphatic heterocycles. The van der Waals surface area contributed by atoms with E-state index in [2.05, 4.69) is 5.32 Å². The molecule has 0 aliphatic carbocycles. The summed E-state index contributed by atoms with van der Waals surface area (Å²) in [5, 5.41) is 2.78. The zero-order valence-corrected chi connectivity index (χ0v) is 10.1. The van der Waals surface area contributed by atoms with Gasteiger partial charge < -0.3 is 5.32 Å². The summed E-state index contributed by atoms with van der Waals surface area (Å²) in [6, 6.07) is 0. The first-order valence-corrected chi connectivity index (χ1v) is 5.36. The Kier molecular flexibility index (Phi) is 6.67. The van der Waals surface area contributed by atoms with E-state index < -0.39 is 0 Å². The van der Waals surface area contributed by atoms with Crippen LogP contribution < -0.4 is 5.32 Å². The molecule has 0 spiro atoms. The molecule has 3 heteroatoms. The Morgan fingerprint density at radius 1 is 1.20 bits per heavy atom. The first kappa shape index (κ1) is 13.9. The third-order valence-electron chi connectivity index (χ3n) is 1.76. The maximum atomic E-state index is 11.3. The predicted octanol–water partition coefficient (Wildman–Crippen LogP) is 2.07. The highest BCUT2D eigenvalue weighted by Crippen LogP contribution is 1.97. The van der Waals surface area contributed by atoms with E-state index in [-0.39, 0.29) is 18.1 Å². The second-order valence-corrected chi connectivity index (χ2v) is 4.39. The first-order chi connectivity index (χ1) is 6.91. The van der Waals surface area contributed by atoms with Crippen molar-refractivity contribution in [1.82, 2.24) is 5.32 Å². The molecule has 0 heterocycles. The van der Waals surface area contributed by atoms with E-state index in [1.54, 1.807) is 6.08 Å². The first-order valence-electron chi connectivity index (χ1n) is 5.36. The molecule has 3 nitrogen and oxygen atoms in total. The fraction of sp³-hybridized carbons (Fsp3) is 0.667. The summed E-state index contributed by atoms with van der Waals surface area (Å²) in [5.74, 6) is 0.427. The van der Waals surface area contributed by atoms with Crippen molar-refractivity contribution < 1.29 is 9.59 Å². The van der Waals surface area contributed by atoms with E-state index >= 15 is 0 Å². The minimum Gasteiger partial charge on any atom is -0.356 e. The highest BCUT2D eigenvalue weighted by Gasteiger charge is 2.05. The van der Waals surface area contributed by atoms with Gasteiger partial charge in [0.15, 0.2) is 5.78 Å². The number of carbonyl (C=O) groups is 2. The van der Waals surface area contributed by atoms with Gasteiger partial charge in [-0.2, -0.15) is 0 Å². The molecule has 1 N–H and O–H groups in total. The molecule has 0 rings (SSSR count). The maximum absolute atomic E-state index is 11.3. The molecule has 0 saturated heterocycles. The van der Waals surface area contributed by atoms with E-state index in [0.717, 1.165) is 5.57 Å². The SMILES string of the molecule is CC(C)=CC(=O)CCC(=O)NCC(C)C. The van der Waals surface area contributed by atoms with Crippen LogP contribution in [0.1, 0.15) is 40.5 Å². The molecule has 1 amide bonds. The van der Waals surface area contributed by atoms with Crippen LogP contribution in [0.2, 0.25) is 0 Å². The number of carbonyl (C=O) groups excluding carboxylic acids is 2. The molecule has 0 radical (unpaired) electrons. The van der Waals surface area contributed by atoms with Crippen LogP contribution in [-0.2, 0) is 9.59 Å². The Labute approximate surface area is 91.9 Å². The minimum atomic E-state index is -0.0424. The van der Waals surface area contributed by atoms with Gasteiger partial charge in [-0.15, -0.1) is 0 Å². The van der Waals surface area contributed by atoms with Crippen molar-refractivity contribution in [2.45, 2.75) is 40.5 Å². The summed E-state index contributed by atoms with van der Waals surface area (Å²) in [7, 11) is 0. The normalized spacial score (nSPS) is 9.93. The topological polar surface area (TPSA) is 46.2 Å². The number of ketones is 1. The van der Waals surface area contributed by atoms with Gasteiger partial charge >= 0.3 is 0 Å². The average molecular weight is 211 g/mol. The number of hydrogen-bond acceptors (Lipinski definition) is 2. The summed E-state index contributed by atoms with van der Waals surface area (Å²) in [5.41, 5.74) is 0.975. The highest BCUT2D eigenvalue weighted by molar-refractivity contribution is 5.92. The second-order valence-electron chi connectivity index (χ2n) is 4.39. The predicted molar refractivity (Wildman–Crippen MR) is 61.5 cm³/mol. The van der Waals surface area contributed by atoms with Crippen molar-refractivity contribution in [2.24, 2.45) is 5.92 Å². The molecular weight excluding hydrogens is 190 g/mol. The lowest BCUT2D eigenvalue weighted by Gasteiger charge is -2.06. The van der Waals surface area contributed by atoms with Gasteiger partial charge in [-0.3, -0.25) is 9.59 Å². The lowest BCUT2D eigenvalue weighted by molar-refractivity contribution is -0.124. The monoisotopic (exact) mass is 211 g/mol. The molecule has 0 unspecified atom stereocenters. The van der Waals surface area contributed by atoms with Gasteiger partial charge in [0.05, 0.1) is 0 Å². The quantitative estimate of drug-likeness (QED) is 0.684. The standard InChI is InChI=1S/C12H21NO2/c1-9(2)7-11(14)5-6-12(15)13-8-10(3)4/h7,10H,5-6,8H2,1-4H3,(H,13,15). The van der Waals surface area contributed by atoms with E-state index in [1.165, 1.54) is 0 Å². The third kappa shape index (κ3) is 9.19. The molecule has 0 aromatic carbocycles. The number of hydrogen-bond donors (Lipinski definition) is 1. The van der Waals surface area contributed by atoms with Crippen LogP contribution in [0.5, 0.6) is 0 Å². The van der Waals surface area contributed by atoms with Crippen LogP contribution in [0.15, 0.2) is 11.6 Å². The van der Waals surface area contributed by atoms with Crippen LogP contribution in [0.4, 0.5) is 0 Å². The molecule has 0 saturated carbocycles. The Hall–Kier alpha value is -1.12. The number of rotatable bonds is 6. The van der Waals surface area contributed by atoms with Gasteiger partial charge in [-0.25, -0.2) is 0 Å². The highest BCUT2D eigenvalue weighted by atomic mass is 16.2. The lowest BCUT2D eigenvalue weighted by atomic mass is 10.1.